The van der Waals surface area contributed by atoms with E-state index in [0.717, 1.165) is 44.1 Å². The molecule has 2 atom stereocenters. The van der Waals surface area contributed by atoms with Gasteiger partial charge in [0, 0.05) is 19.0 Å². The number of nitrogens with zero attached hydrogens (tertiary/aromatic N) is 3. The summed E-state index contributed by atoms with van der Waals surface area (Å²) in [6.45, 7) is 8.49. The first-order valence-electron chi connectivity index (χ1n) is 7.29. The van der Waals surface area contributed by atoms with Crippen molar-refractivity contribution in [3.8, 4) is 0 Å². The average molecular weight is 268 g/mol. The Morgan fingerprint density at radius 3 is 2.63 bits per heavy atom. The Kier molecular flexibility index (Phi) is 7.02. The molecule has 5 heteroatoms. The summed E-state index contributed by atoms with van der Waals surface area (Å²) in [5.41, 5.74) is 0. The Balaban J connectivity index is 2.57. The van der Waals surface area contributed by atoms with Crippen LogP contribution in [0.15, 0.2) is 4.52 Å². The second-order valence-electron chi connectivity index (χ2n) is 5.36. The minimum absolute atomic E-state index is 0.261. The Hall–Kier alpha value is -0.940. The normalized spacial score (nSPS) is 14.8. The van der Waals surface area contributed by atoms with E-state index in [1.165, 1.54) is 0 Å². The highest BCUT2D eigenvalue weighted by Crippen LogP contribution is 2.19. The number of hydrogen-bond donors (Lipinski definition) is 1. The summed E-state index contributed by atoms with van der Waals surface area (Å²) >= 11 is 0. The van der Waals surface area contributed by atoms with E-state index in [2.05, 4.69) is 41.1 Å². The van der Waals surface area contributed by atoms with E-state index in [9.17, 15) is 0 Å². The molecule has 19 heavy (non-hydrogen) atoms. The van der Waals surface area contributed by atoms with Crippen LogP contribution in [0.5, 0.6) is 0 Å². The van der Waals surface area contributed by atoms with Crippen molar-refractivity contribution in [2.45, 2.75) is 52.0 Å². The minimum atomic E-state index is 0.261. The first-order chi connectivity index (χ1) is 9.08. The third-order valence-electron chi connectivity index (χ3n) is 3.36. The highest BCUT2D eigenvalue weighted by Gasteiger charge is 2.22. The van der Waals surface area contributed by atoms with Gasteiger partial charge >= 0.3 is 0 Å². The molecule has 0 aliphatic rings. The first kappa shape index (κ1) is 16.1. The molecule has 1 aromatic heterocycles. The van der Waals surface area contributed by atoms with Crippen LogP contribution in [0.2, 0.25) is 0 Å². The molecule has 0 aromatic carbocycles. The largest absolute Gasteiger partial charge is 0.339 e. The van der Waals surface area contributed by atoms with Gasteiger partial charge in [0.1, 0.15) is 0 Å². The predicted molar refractivity (Wildman–Crippen MR) is 77.3 cm³/mol. The lowest BCUT2D eigenvalue weighted by molar-refractivity contribution is 0.316. The van der Waals surface area contributed by atoms with Crippen LogP contribution in [0.4, 0.5) is 0 Å². The fraction of sp³-hybridized carbons (Fsp3) is 0.857. The van der Waals surface area contributed by atoms with E-state index < -0.39 is 0 Å². The predicted octanol–water partition coefficient (Wildman–Crippen LogP) is 2.06. The topological polar surface area (TPSA) is 54.2 Å². The van der Waals surface area contributed by atoms with Gasteiger partial charge in [0.25, 0.3) is 0 Å². The fourth-order valence-electron chi connectivity index (χ4n) is 2.05. The molecule has 2 unspecified atom stereocenters. The second kappa shape index (κ2) is 8.27. The van der Waals surface area contributed by atoms with E-state index in [0.29, 0.717) is 6.04 Å². The molecular formula is C14H28N4O. The van der Waals surface area contributed by atoms with Crippen LogP contribution < -0.4 is 5.32 Å². The lowest BCUT2D eigenvalue weighted by atomic mass is 9.99. The molecule has 0 radical (unpaired) electrons. The summed E-state index contributed by atoms with van der Waals surface area (Å²) < 4.78 is 5.40. The minimum Gasteiger partial charge on any atom is -0.339 e. The van der Waals surface area contributed by atoms with Crippen molar-refractivity contribution in [1.82, 2.24) is 20.4 Å². The zero-order chi connectivity index (χ0) is 14.3. The van der Waals surface area contributed by atoms with Crippen LogP contribution in [0.3, 0.4) is 0 Å². The van der Waals surface area contributed by atoms with Gasteiger partial charge in [0.2, 0.25) is 5.89 Å². The summed E-state index contributed by atoms with van der Waals surface area (Å²) in [5.74, 6) is 1.82. The SMILES string of the molecule is CCCNC(CC)C(C)c1nc(CCN(C)C)no1. The monoisotopic (exact) mass is 268 g/mol. The maximum Gasteiger partial charge on any atom is 0.231 e. The molecule has 1 N–H and O–H groups in total. The molecule has 0 aliphatic heterocycles. The van der Waals surface area contributed by atoms with Crippen molar-refractivity contribution in [2.24, 2.45) is 0 Å². The molecule has 0 saturated carbocycles. The summed E-state index contributed by atoms with van der Waals surface area (Å²) in [6, 6.07) is 0.405. The van der Waals surface area contributed by atoms with Crippen LogP contribution in [-0.4, -0.2) is 48.3 Å². The van der Waals surface area contributed by atoms with Crippen molar-refractivity contribution in [3.05, 3.63) is 11.7 Å². The molecule has 0 aliphatic carbocycles. The first-order valence-corrected chi connectivity index (χ1v) is 7.29. The molecule has 0 spiro atoms. The summed E-state index contributed by atoms with van der Waals surface area (Å²) in [6.07, 6.45) is 3.04. The quantitative estimate of drug-likeness (QED) is 0.743. The third-order valence-corrected chi connectivity index (χ3v) is 3.36. The molecular weight excluding hydrogens is 240 g/mol. The van der Waals surface area contributed by atoms with Crippen LogP contribution in [-0.2, 0) is 6.42 Å². The second-order valence-corrected chi connectivity index (χ2v) is 5.36. The van der Waals surface area contributed by atoms with E-state index in [1.807, 2.05) is 14.1 Å². The molecule has 0 bridgehead atoms. The lowest BCUT2D eigenvalue weighted by Gasteiger charge is -2.20. The number of rotatable bonds is 9. The van der Waals surface area contributed by atoms with E-state index >= 15 is 0 Å². The van der Waals surface area contributed by atoms with Crippen molar-refractivity contribution >= 4 is 0 Å². The number of likely N-dealkylation sites (N-methyl/N-ethyl adjacent to an activating group) is 1. The maximum absolute atomic E-state index is 5.40. The molecule has 110 valence electrons. The standard InChI is InChI=1S/C14H28N4O/c1-6-9-15-12(7-2)11(3)14-16-13(17-19-14)8-10-18(4)5/h11-12,15H,6-10H2,1-5H3. The van der Waals surface area contributed by atoms with Crippen LogP contribution in [0.1, 0.15) is 51.2 Å². The van der Waals surface area contributed by atoms with Crippen molar-refractivity contribution in [2.75, 3.05) is 27.2 Å². The van der Waals surface area contributed by atoms with Crippen LogP contribution in [0.25, 0.3) is 0 Å². The van der Waals surface area contributed by atoms with Gasteiger partial charge in [-0.2, -0.15) is 4.98 Å². The maximum atomic E-state index is 5.40. The highest BCUT2D eigenvalue weighted by molar-refractivity contribution is 4.97. The van der Waals surface area contributed by atoms with Gasteiger partial charge in [-0.3, -0.25) is 0 Å². The van der Waals surface area contributed by atoms with Gasteiger partial charge in [0.05, 0.1) is 5.92 Å². The van der Waals surface area contributed by atoms with E-state index in [1.54, 1.807) is 0 Å². The van der Waals surface area contributed by atoms with Gasteiger partial charge in [-0.05, 0) is 33.5 Å². The lowest BCUT2D eigenvalue weighted by Crippen LogP contribution is -2.33. The van der Waals surface area contributed by atoms with Crippen LogP contribution in [0, 0.1) is 0 Å². The molecule has 0 saturated heterocycles. The number of aromatic nitrogens is 2. The van der Waals surface area contributed by atoms with Crippen molar-refractivity contribution in [3.63, 3.8) is 0 Å². The van der Waals surface area contributed by atoms with Crippen molar-refractivity contribution < 1.29 is 4.52 Å². The van der Waals surface area contributed by atoms with E-state index in [4.69, 9.17) is 4.52 Å². The Bertz CT molecular complexity index is 351. The molecule has 1 rings (SSSR count). The average Bonchev–Trinajstić information content (AvgIpc) is 2.85. The fourth-order valence-corrected chi connectivity index (χ4v) is 2.05. The summed E-state index contributed by atoms with van der Waals surface area (Å²) in [4.78, 5) is 6.64. The molecule has 5 nitrogen and oxygen atoms in total. The van der Waals surface area contributed by atoms with E-state index in [-0.39, 0.29) is 5.92 Å². The summed E-state index contributed by atoms with van der Waals surface area (Å²) in [5, 5.41) is 7.61. The van der Waals surface area contributed by atoms with Gasteiger partial charge < -0.3 is 14.7 Å². The molecule has 1 aromatic rings. The Morgan fingerprint density at radius 2 is 2.05 bits per heavy atom. The van der Waals surface area contributed by atoms with Gasteiger partial charge in [-0.15, -0.1) is 0 Å². The zero-order valence-corrected chi connectivity index (χ0v) is 12.9. The number of nitrogens with one attached hydrogen (secondary N) is 1. The van der Waals surface area contributed by atoms with Crippen LogP contribution >= 0.6 is 0 Å². The number of hydrogen-bond acceptors (Lipinski definition) is 5. The summed E-state index contributed by atoms with van der Waals surface area (Å²) in [7, 11) is 4.09. The Labute approximate surface area is 116 Å². The highest BCUT2D eigenvalue weighted by atomic mass is 16.5. The van der Waals surface area contributed by atoms with Gasteiger partial charge in [0.15, 0.2) is 5.82 Å². The molecule has 0 fully saturated rings. The van der Waals surface area contributed by atoms with Gasteiger partial charge in [-0.1, -0.05) is 25.9 Å². The zero-order valence-electron chi connectivity index (χ0n) is 12.9. The third kappa shape index (κ3) is 5.28. The van der Waals surface area contributed by atoms with Gasteiger partial charge in [-0.25, -0.2) is 0 Å². The Morgan fingerprint density at radius 1 is 1.32 bits per heavy atom. The molecule has 0 amide bonds. The smallest absolute Gasteiger partial charge is 0.231 e. The van der Waals surface area contributed by atoms with Crippen molar-refractivity contribution in [1.29, 1.82) is 0 Å². The molecule has 1 heterocycles.